The average molecular weight is 449 g/mol. The summed E-state index contributed by atoms with van der Waals surface area (Å²) in [5, 5.41) is 4.52. The standard InChI is InChI=1S/C21H19ClF2N4OS/c1-11-10-27(5-4-25-11)20-14-9-15(22)17(13-3-2-12(23)8-16(13)24)19-18(14)28(6-7-30-19)21(29)26-20/h2-3,8-9,11,25H,4-7,10H2,1H3/t11-/m1/s1. The predicted octanol–water partition coefficient (Wildman–Crippen LogP) is 3.90. The Hall–Kier alpha value is -2.16. The van der Waals surface area contributed by atoms with Crippen LogP contribution in [0.3, 0.4) is 0 Å². The lowest BCUT2D eigenvalue weighted by molar-refractivity contribution is 0.482. The Bertz CT molecular complexity index is 1230. The number of hydrogen-bond donors (Lipinski definition) is 1. The van der Waals surface area contributed by atoms with Crippen LogP contribution in [0.5, 0.6) is 0 Å². The number of anilines is 1. The molecule has 0 bridgehead atoms. The third-order valence-corrected chi connectivity index (χ3v) is 6.95. The van der Waals surface area contributed by atoms with Crippen LogP contribution in [-0.4, -0.2) is 41.0 Å². The van der Waals surface area contributed by atoms with Crippen LogP contribution in [0.15, 0.2) is 34.0 Å². The van der Waals surface area contributed by atoms with Crippen molar-refractivity contribution in [2.75, 3.05) is 30.3 Å². The van der Waals surface area contributed by atoms with E-state index in [2.05, 4.69) is 22.1 Å². The largest absolute Gasteiger partial charge is 0.353 e. The van der Waals surface area contributed by atoms with Gasteiger partial charge in [0.1, 0.15) is 17.5 Å². The summed E-state index contributed by atoms with van der Waals surface area (Å²) in [6, 6.07) is 5.49. The number of nitrogens with one attached hydrogen (secondary N) is 1. The third-order valence-electron chi connectivity index (χ3n) is 5.58. The van der Waals surface area contributed by atoms with Gasteiger partial charge >= 0.3 is 5.69 Å². The Balaban J connectivity index is 1.81. The zero-order valence-corrected chi connectivity index (χ0v) is 17.8. The minimum absolute atomic E-state index is 0.223. The lowest BCUT2D eigenvalue weighted by atomic mass is 10.0. The van der Waals surface area contributed by atoms with Gasteiger partial charge in [0.25, 0.3) is 0 Å². The number of rotatable bonds is 2. The number of halogens is 3. The van der Waals surface area contributed by atoms with Gasteiger partial charge in [-0.2, -0.15) is 4.98 Å². The molecule has 0 radical (unpaired) electrons. The first-order chi connectivity index (χ1) is 14.4. The van der Waals surface area contributed by atoms with Crippen LogP contribution >= 0.6 is 23.4 Å². The number of aromatic nitrogens is 2. The maximum atomic E-state index is 14.6. The Morgan fingerprint density at radius 3 is 2.87 bits per heavy atom. The van der Waals surface area contributed by atoms with Crippen molar-refractivity contribution >= 4 is 40.1 Å². The minimum Gasteiger partial charge on any atom is -0.353 e. The van der Waals surface area contributed by atoms with Crippen molar-refractivity contribution in [3.8, 4) is 11.1 Å². The molecule has 9 heteroatoms. The summed E-state index contributed by atoms with van der Waals surface area (Å²) in [6.45, 7) is 4.85. The van der Waals surface area contributed by atoms with Gasteiger partial charge in [0.2, 0.25) is 0 Å². The summed E-state index contributed by atoms with van der Waals surface area (Å²) in [6.07, 6.45) is 0. The maximum absolute atomic E-state index is 14.6. The van der Waals surface area contributed by atoms with Crippen LogP contribution in [-0.2, 0) is 6.54 Å². The lowest BCUT2D eigenvalue weighted by Gasteiger charge is -2.34. The topological polar surface area (TPSA) is 50.2 Å². The number of hydrogen-bond acceptors (Lipinski definition) is 5. The first kappa shape index (κ1) is 19.8. The molecule has 2 aliphatic heterocycles. The van der Waals surface area contributed by atoms with Crippen molar-refractivity contribution in [2.45, 2.75) is 24.4 Å². The molecule has 1 aromatic heterocycles. The van der Waals surface area contributed by atoms with Crippen LogP contribution in [0, 0.1) is 11.6 Å². The lowest BCUT2D eigenvalue weighted by Crippen LogP contribution is -2.50. The highest BCUT2D eigenvalue weighted by atomic mass is 35.5. The highest BCUT2D eigenvalue weighted by Gasteiger charge is 2.28. The minimum atomic E-state index is -0.683. The fourth-order valence-corrected chi connectivity index (χ4v) is 5.82. The molecule has 0 saturated carbocycles. The van der Waals surface area contributed by atoms with E-state index < -0.39 is 11.6 Å². The van der Waals surface area contributed by atoms with E-state index in [1.807, 2.05) is 0 Å². The molecule has 0 amide bonds. The van der Waals surface area contributed by atoms with E-state index in [0.29, 0.717) is 28.7 Å². The quantitative estimate of drug-likeness (QED) is 0.644. The summed E-state index contributed by atoms with van der Waals surface area (Å²) in [7, 11) is 0. The second-order valence-electron chi connectivity index (χ2n) is 7.60. The number of nitrogens with zero attached hydrogens (tertiary/aromatic N) is 3. The van der Waals surface area contributed by atoms with E-state index in [4.69, 9.17) is 11.6 Å². The molecule has 2 aliphatic rings. The van der Waals surface area contributed by atoms with Crippen molar-refractivity contribution in [3.63, 3.8) is 0 Å². The maximum Gasteiger partial charge on any atom is 0.350 e. The molecule has 5 rings (SSSR count). The Labute approximate surface area is 181 Å². The van der Waals surface area contributed by atoms with E-state index in [0.717, 1.165) is 41.5 Å². The molecule has 0 spiro atoms. The normalized spacial score (nSPS) is 18.8. The molecule has 156 valence electrons. The van der Waals surface area contributed by atoms with Gasteiger partial charge in [-0.25, -0.2) is 13.6 Å². The molecule has 0 unspecified atom stereocenters. The third kappa shape index (κ3) is 3.18. The molecule has 3 aromatic rings. The molecule has 30 heavy (non-hydrogen) atoms. The zero-order chi connectivity index (χ0) is 21.0. The van der Waals surface area contributed by atoms with Crippen LogP contribution in [0.4, 0.5) is 14.6 Å². The van der Waals surface area contributed by atoms with Crippen LogP contribution < -0.4 is 15.9 Å². The summed E-state index contributed by atoms with van der Waals surface area (Å²) >= 11 is 8.20. The fourth-order valence-electron chi connectivity index (χ4n) is 4.26. The van der Waals surface area contributed by atoms with Gasteiger partial charge in [-0.05, 0) is 25.1 Å². The van der Waals surface area contributed by atoms with Crippen molar-refractivity contribution < 1.29 is 8.78 Å². The zero-order valence-electron chi connectivity index (χ0n) is 16.2. The van der Waals surface area contributed by atoms with E-state index in [9.17, 15) is 13.6 Å². The molecule has 1 N–H and O–H groups in total. The van der Waals surface area contributed by atoms with Gasteiger partial charge in [-0.3, -0.25) is 4.57 Å². The van der Waals surface area contributed by atoms with Gasteiger partial charge in [-0.15, -0.1) is 11.8 Å². The predicted molar refractivity (Wildman–Crippen MR) is 117 cm³/mol. The molecular weight excluding hydrogens is 430 g/mol. The summed E-state index contributed by atoms with van der Waals surface area (Å²) in [5.41, 5.74) is 1.11. The molecule has 1 atom stereocenters. The van der Waals surface area contributed by atoms with Gasteiger partial charge in [0.05, 0.1) is 10.5 Å². The SMILES string of the molecule is C[C@@H]1CN(c2nc(=O)n3c4c(c(-c5ccc(F)cc5F)c(Cl)cc24)SCC3)CCN1. The number of piperazine rings is 1. The summed E-state index contributed by atoms with van der Waals surface area (Å²) in [5.74, 6) is -0.0797. The van der Waals surface area contributed by atoms with Gasteiger partial charge < -0.3 is 10.2 Å². The molecular formula is C21H19ClF2N4OS. The Morgan fingerprint density at radius 2 is 2.10 bits per heavy atom. The van der Waals surface area contributed by atoms with Crippen molar-refractivity contribution in [1.82, 2.24) is 14.9 Å². The number of benzene rings is 2. The van der Waals surface area contributed by atoms with E-state index in [1.54, 1.807) is 10.6 Å². The van der Waals surface area contributed by atoms with Gasteiger partial charge in [0, 0.05) is 65.4 Å². The van der Waals surface area contributed by atoms with Crippen LogP contribution in [0.1, 0.15) is 6.92 Å². The smallest absolute Gasteiger partial charge is 0.350 e. The summed E-state index contributed by atoms with van der Waals surface area (Å²) < 4.78 is 29.8. The van der Waals surface area contributed by atoms with Gasteiger partial charge in [-0.1, -0.05) is 11.6 Å². The Kier molecular flexibility index (Phi) is 4.95. The fraction of sp³-hybridized carbons (Fsp3) is 0.333. The van der Waals surface area contributed by atoms with Crippen LogP contribution in [0.2, 0.25) is 5.02 Å². The monoisotopic (exact) mass is 448 g/mol. The van der Waals surface area contributed by atoms with Gasteiger partial charge in [0.15, 0.2) is 0 Å². The second-order valence-corrected chi connectivity index (χ2v) is 9.11. The molecule has 3 heterocycles. The van der Waals surface area contributed by atoms with E-state index in [1.165, 1.54) is 23.9 Å². The number of aryl methyl sites for hydroxylation is 1. The first-order valence-corrected chi connectivity index (χ1v) is 11.1. The van der Waals surface area contributed by atoms with Crippen molar-refractivity contribution in [1.29, 1.82) is 0 Å². The first-order valence-electron chi connectivity index (χ1n) is 9.77. The van der Waals surface area contributed by atoms with Crippen LogP contribution in [0.25, 0.3) is 22.0 Å². The summed E-state index contributed by atoms with van der Waals surface area (Å²) in [4.78, 5) is 20.1. The molecule has 5 nitrogen and oxygen atoms in total. The van der Waals surface area contributed by atoms with E-state index >= 15 is 0 Å². The second kappa shape index (κ2) is 7.51. The molecule has 1 fully saturated rings. The van der Waals surface area contributed by atoms with E-state index in [-0.39, 0.29) is 17.3 Å². The molecule has 0 aliphatic carbocycles. The number of thioether (sulfide) groups is 1. The van der Waals surface area contributed by atoms with Crippen molar-refractivity contribution in [3.05, 3.63) is 51.4 Å². The highest BCUT2D eigenvalue weighted by molar-refractivity contribution is 7.99. The highest BCUT2D eigenvalue weighted by Crippen LogP contribution is 2.46. The van der Waals surface area contributed by atoms with Crippen molar-refractivity contribution in [2.24, 2.45) is 0 Å². The average Bonchev–Trinajstić information content (AvgIpc) is 2.71. The Morgan fingerprint density at radius 1 is 1.27 bits per heavy atom. The molecule has 2 aromatic carbocycles. The molecule has 1 saturated heterocycles.